The standard InChI is InChI=1S/C11H12N2O/c1-8(2)10-6-11(14-13-10)9-4-3-5-12-7-9/h3-8H,1-2H3. The van der Waals surface area contributed by atoms with Crippen LogP contribution in [0.3, 0.4) is 0 Å². The maximum absolute atomic E-state index is 5.22. The monoisotopic (exact) mass is 188 g/mol. The normalized spacial score (nSPS) is 10.8. The molecule has 2 rings (SSSR count). The van der Waals surface area contributed by atoms with Gasteiger partial charge in [0, 0.05) is 24.0 Å². The predicted molar refractivity (Wildman–Crippen MR) is 53.8 cm³/mol. The summed E-state index contributed by atoms with van der Waals surface area (Å²) in [4.78, 5) is 4.03. The third-order valence-corrected chi connectivity index (χ3v) is 2.07. The lowest BCUT2D eigenvalue weighted by Crippen LogP contribution is -1.84. The highest BCUT2D eigenvalue weighted by molar-refractivity contribution is 5.55. The molecule has 3 nitrogen and oxygen atoms in total. The highest BCUT2D eigenvalue weighted by atomic mass is 16.5. The highest BCUT2D eigenvalue weighted by Gasteiger charge is 2.08. The quantitative estimate of drug-likeness (QED) is 0.727. The summed E-state index contributed by atoms with van der Waals surface area (Å²) in [5, 5.41) is 3.99. The van der Waals surface area contributed by atoms with Crippen molar-refractivity contribution in [3.05, 3.63) is 36.3 Å². The Morgan fingerprint density at radius 2 is 2.21 bits per heavy atom. The molecule has 0 fully saturated rings. The van der Waals surface area contributed by atoms with Crippen LogP contribution in [0.2, 0.25) is 0 Å². The van der Waals surface area contributed by atoms with E-state index in [9.17, 15) is 0 Å². The van der Waals surface area contributed by atoms with Gasteiger partial charge < -0.3 is 4.52 Å². The first-order valence-electron chi connectivity index (χ1n) is 4.64. The fourth-order valence-corrected chi connectivity index (χ4v) is 1.21. The maximum Gasteiger partial charge on any atom is 0.168 e. The van der Waals surface area contributed by atoms with E-state index in [1.807, 2.05) is 18.2 Å². The highest BCUT2D eigenvalue weighted by Crippen LogP contribution is 2.22. The maximum atomic E-state index is 5.22. The van der Waals surface area contributed by atoms with Crippen LogP contribution < -0.4 is 0 Å². The number of nitrogens with zero attached hydrogens (tertiary/aromatic N) is 2. The molecular weight excluding hydrogens is 176 g/mol. The fourth-order valence-electron chi connectivity index (χ4n) is 1.21. The molecule has 2 aromatic heterocycles. The van der Waals surface area contributed by atoms with E-state index in [0.29, 0.717) is 5.92 Å². The van der Waals surface area contributed by atoms with Crippen LogP contribution in [0.5, 0.6) is 0 Å². The van der Waals surface area contributed by atoms with Gasteiger partial charge in [-0.1, -0.05) is 19.0 Å². The van der Waals surface area contributed by atoms with Crippen molar-refractivity contribution in [2.75, 3.05) is 0 Å². The second-order valence-electron chi connectivity index (χ2n) is 3.51. The first kappa shape index (κ1) is 8.94. The minimum Gasteiger partial charge on any atom is -0.356 e. The van der Waals surface area contributed by atoms with E-state index in [0.717, 1.165) is 17.0 Å². The minimum atomic E-state index is 0.393. The molecule has 72 valence electrons. The molecule has 0 saturated carbocycles. The molecule has 2 aromatic rings. The van der Waals surface area contributed by atoms with Gasteiger partial charge >= 0.3 is 0 Å². The van der Waals surface area contributed by atoms with Gasteiger partial charge in [-0.3, -0.25) is 4.98 Å². The lowest BCUT2D eigenvalue weighted by molar-refractivity contribution is 0.420. The Balaban J connectivity index is 2.34. The summed E-state index contributed by atoms with van der Waals surface area (Å²) >= 11 is 0. The molecule has 0 amide bonds. The van der Waals surface area contributed by atoms with Crippen molar-refractivity contribution in [1.29, 1.82) is 0 Å². The van der Waals surface area contributed by atoms with Gasteiger partial charge in [-0.15, -0.1) is 0 Å². The molecule has 0 spiro atoms. The second kappa shape index (κ2) is 3.62. The molecule has 0 saturated heterocycles. The molecule has 2 heterocycles. The summed E-state index contributed by atoms with van der Waals surface area (Å²) in [7, 11) is 0. The van der Waals surface area contributed by atoms with Gasteiger partial charge in [-0.05, 0) is 18.1 Å². The average Bonchev–Trinajstić information content (AvgIpc) is 2.68. The summed E-state index contributed by atoms with van der Waals surface area (Å²) in [6, 6.07) is 5.80. The van der Waals surface area contributed by atoms with Gasteiger partial charge in [0.05, 0.1) is 5.69 Å². The van der Waals surface area contributed by atoms with E-state index in [1.54, 1.807) is 12.4 Å². The SMILES string of the molecule is CC(C)c1cc(-c2cccnc2)on1. The van der Waals surface area contributed by atoms with Crippen molar-refractivity contribution >= 4 is 0 Å². The van der Waals surface area contributed by atoms with Crippen molar-refractivity contribution in [2.45, 2.75) is 19.8 Å². The molecule has 0 bridgehead atoms. The molecule has 3 heteroatoms. The molecule has 0 aliphatic heterocycles. The van der Waals surface area contributed by atoms with Gasteiger partial charge in [-0.25, -0.2) is 0 Å². The Morgan fingerprint density at radius 3 is 2.79 bits per heavy atom. The van der Waals surface area contributed by atoms with Gasteiger partial charge in [-0.2, -0.15) is 0 Å². The molecule has 0 atom stereocenters. The summed E-state index contributed by atoms with van der Waals surface area (Å²) in [6.07, 6.45) is 3.51. The Hall–Kier alpha value is -1.64. The number of rotatable bonds is 2. The third kappa shape index (κ3) is 1.66. The van der Waals surface area contributed by atoms with Crippen LogP contribution in [-0.2, 0) is 0 Å². The summed E-state index contributed by atoms with van der Waals surface area (Å²) in [6.45, 7) is 4.18. The number of hydrogen-bond acceptors (Lipinski definition) is 3. The second-order valence-corrected chi connectivity index (χ2v) is 3.51. The number of pyridine rings is 1. The van der Waals surface area contributed by atoms with Crippen molar-refractivity contribution in [2.24, 2.45) is 0 Å². The van der Waals surface area contributed by atoms with E-state index in [4.69, 9.17) is 4.52 Å². The first-order valence-corrected chi connectivity index (χ1v) is 4.64. The first-order chi connectivity index (χ1) is 6.77. The van der Waals surface area contributed by atoms with Crippen LogP contribution >= 0.6 is 0 Å². The topological polar surface area (TPSA) is 38.9 Å². The molecule has 14 heavy (non-hydrogen) atoms. The summed E-state index contributed by atoms with van der Waals surface area (Å²) in [5.74, 6) is 1.17. The summed E-state index contributed by atoms with van der Waals surface area (Å²) in [5.41, 5.74) is 1.94. The Morgan fingerprint density at radius 1 is 1.36 bits per heavy atom. The van der Waals surface area contributed by atoms with Crippen LogP contribution in [0.4, 0.5) is 0 Å². The van der Waals surface area contributed by atoms with Gasteiger partial charge in [0.25, 0.3) is 0 Å². The van der Waals surface area contributed by atoms with Crippen LogP contribution in [0.25, 0.3) is 11.3 Å². The number of aromatic nitrogens is 2. The number of hydrogen-bond donors (Lipinski definition) is 0. The van der Waals surface area contributed by atoms with Gasteiger partial charge in [0.1, 0.15) is 0 Å². The molecule has 0 unspecified atom stereocenters. The average molecular weight is 188 g/mol. The molecule has 0 aliphatic rings. The third-order valence-electron chi connectivity index (χ3n) is 2.07. The molecule has 0 N–H and O–H groups in total. The lowest BCUT2D eigenvalue weighted by Gasteiger charge is -1.93. The predicted octanol–water partition coefficient (Wildman–Crippen LogP) is 2.86. The van der Waals surface area contributed by atoms with E-state index in [1.165, 1.54) is 0 Å². The van der Waals surface area contributed by atoms with Crippen LogP contribution in [0, 0.1) is 0 Å². The van der Waals surface area contributed by atoms with E-state index >= 15 is 0 Å². The minimum absolute atomic E-state index is 0.393. The molecule has 0 aliphatic carbocycles. The van der Waals surface area contributed by atoms with E-state index < -0.39 is 0 Å². The van der Waals surface area contributed by atoms with Crippen LogP contribution in [0.1, 0.15) is 25.5 Å². The zero-order chi connectivity index (χ0) is 9.97. The smallest absolute Gasteiger partial charge is 0.168 e. The van der Waals surface area contributed by atoms with Crippen molar-refractivity contribution in [1.82, 2.24) is 10.1 Å². The molecular formula is C11H12N2O. The van der Waals surface area contributed by atoms with E-state index in [2.05, 4.69) is 24.0 Å². The van der Waals surface area contributed by atoms with Gasteiger partial charge in [0.15, 0.2) is 5.76 Å². The zero-order valence-corrected chi connectivity index (χ0v) is 8.27. The zero-order valence-electron chi connectivity index (χ0n) is 8.27. The Kier molecular flexibility index (Phi) is 2.31. The van der Waals surface area contributed by atoms with Crippen LogP contribution in [0.15, 0.2) is 35.1 Å². The van der Waals surface area contributed by atoms with Gasteiger partial charge in [0.2, 0.25) is 0 Å². The fraction of sp³-hybridized carbons (Fsp3) is 0.273. The van der Waals surface area contributed by atoms with Crippen molar-refractivity contribution < 1.29 is 4.52 Å². The van der Waals surface area contributed by atoms with Crippen molar-refractivity contribution in [3.63, 3.8) is 0 Å². The Bertz CT molecular complexity index is 406. The molecule has 0 aromatic carbocycles. The largest absolute Gasteiger partial charge is 0.356 e. The Labute approximate surface area is 82.8 Å². The summed E-state index contributed by atoms with van der Waals surface area (Å²) < 4.78 is 5.22. The van der Waals surface area contributed by atoms with E-state index in [-0.39, 0.29) is 0 Å². The lowest BCUT2D eigenvalue weighted by atomic mass is 10.1. The van der Waals surface area contributed by atoms with Crippen LogP contribution in [-0.4, -0.2) is 10.1 Å². The molecule has 0 radical (unpaired) electrons. The van der Waals surface area contributed by atoms with Crippen molar-refractivity contribution in [3.8, 4) is 11.3 Å².